The summed E-state index contributed by atoms with van der Waals surface area (Å²) in [5, 5.41) is 25.9. The second-order valence-electron chi connectivity index (χ2n) is 9.79. The van der Waals surface area contributed by atoms with Crippen molar-refractivity contribution in [3.05, 3.63) is 87.1 Å². The summed E-state index contributed by atoms with van der Waals surface area (Å²) in [7, 11) is 0. The third-order valence-corrected chi connectivity index (χ3v) is 7.37. The second-order valence-corrected chi connectivity index (χ2v) is 10.8. The van der Waals surface area contributed by atoms with Crippen LogP contribution in [0.4, 0.5) is 0 Å². The summed E-state index contributed by atoms with van der Waals surface area (Å²) in [5.41, 5.74) is 2.31. The SMILES string of the molecule is CC(C)(CCCCCOCCc1cccs1)NCc1c(COC(=O)c2ccccc2)ccc(O)c1CO. The summed E-state index contributed by atoms with van der Waals surface area (Å²) in [6.07, 6.45) is 5.17. The van der Waals surface area contributed by atoms with Crippen molar-refractivity contribution >= 4 is 17.3 Å². The molecule has 0 radical (unpaired) electrons. The summed E-state index contributed by atoms with van der Waals surface area (Å²) >= 11 is 1.77. The van der Waals surface area contributed by atoms with Crippen LogP contribution >= 0.6 is 11.3 Å². The minimum absolute atomic E-state index is 0.0364. The van der Waals surface area contributed by atoms with E-state index in [1.54, 1.807) is 41.7 Å². The fourth-order valence-corrected chi connectivity index (χ4v) is 4.85. The smallest absolute Gasteiger partial charge is 0.338 e. The van der Waals surface area contributed by atoms with Gasteiger partial charge in [-0.2, -0.15) is 0 Å². The van der Waals surface area contributed by atoms with Crippen LogP contribution in [0, 0.1) is 0 Å². The van der Waals surface area contributed by atoms with Crippen molar-refractivity contribution < 1.29 is 24.5 Å². The minimum Gasteiger partial charge on any atom is -0.508 e. The van der Waals surface area contributed by atoms with Crippen LogP contribution in [0.3, 0.4) is 0 Å². The Labute approximate surface area is 224 Å². The van der Waals surface area contributed by atoms with Gasteiger partial charge in [0.2, 0.25) is 0 Å². The lowest BCUT2D eigenvalue weighted by atomic mass is 9.94. The topological polar surface area (TPSA) is 88.0 Å². The van der Waals surface area contributed by atoms with E-state index in [2.05, 4.69) is 36.7 Å². The van der Waals surface area contributed by atoms with Gasteiger partial charge in [0.15, 0.2) is 0 Å². The molecule has 0 atom stereocenters. The van der Waals surface area contributed by atoms with E-state index in [1.807, 2.05) is 6.07 Å². The Morgan fingerprint density at radius 2 is 1.78 bits per heavy atom. The van der Waals surface area contributed by atoms with Crippen molar-refractivity contribution in [1.29, 1.82) is 0 Å². The van der Waals surface area contributed by atoms with Gasteiger partial charge in [0.25, 0.3) is 0 Å². The van der Waals surface area contributed by atoms with E-state index in [-0.39, 0.29) is 24.5 Å². The predicted octanol–water partition coefficient (Wildman–Crippen LogP) is 5.99. The number of hydrogen-bond acceptors (Lipinski definition) is 7. The normalized spacial score (nSPS) is 11.5. The number of thiophene rings is 1. The molecule has 0 saturated carbocycles. The van der Waals surface area contributed by atoms with Crippen molar-refractivity contribution in [2.24, 2.45) is 0 Å². The highest BCUT2D eigenvalue weighted by Gasteiger charge is 2.20. The quantitative estimate of drug-likeness (QED) is 0.157. The maximum absolute atomic E-state index is 12.4. The molecule has 1 heterocycles. The van der Waals surface area contributed by atoms with Crippen LogP contribution in [0.25, 0.3) is 0 Å². The van der Waals surface area contributed by atoms with Crippen LogP contribution in [0.5, 0.6) is 5.75 Å². The zero-order valence-corrected chi connectivity index (χ0v) is 22.7. The molecule has 0 unspecified atom stereocenters. The molecule has 37 heavy (non-hydrogen) atoms. The fourth-order valence-electron chi connectivity index (χ4n) is 4.16. The molecule has 0 spiro atoms. The van der Waals surface area contributed by atoms with E-state index in [0.29, 0.717) is 17.7 Å². The Morgan fingerprint density at radius 1 is 0.973 bits per heavy atom. The van der Waals surface area contributed by atoms with Crippen molar-refractivity contribution in [1.82, 2.24) is 5.32 Å². The van der Waals surface area contributed by atoms with E-state index >= 15 is 0 Å². The fraction of sp³-hybridized carbons (Fsp3) is 0.433. The zero-order valence-electron chi connectivity index (χ0n) is 21.9. The monoisotopic (exact) mass is 525 g/mol. The molecule has 0 bridgehead atoms. The molecule has 0 amide bonds. The maximum Gasteiger partial charge on any atom is 0.338 e. The highest BCUT2D eigenvalue weighted by atomic mass is 32.1. The number of aliphatic hydroxyl groups is 1. The lowest BCUT2D eigenvalue weighted by Gasteiger charge is -2.28. The third-order valence-electron chi connectivity index (χ3n) is 6.44. The van der Waals surface area contributed by atoms with Crippen molar-refractivity contribution in [2.45, 2.75) is 71.2 Å². The third kappa shape index (κ3) is 9.59. The molecule has 0 aliphatic carbocycles. The highest BCUT2D eigenvalue weighted by Crippen LogP contribution is 2.27. The predicted molar refractivity (Wildman–Crippen MR) is 148 cm³/mol. The molecule has 3 N–H and O–H groups in total. The van der Waals surface area contributed by atoms with E-state index in [1.165, 1.54) is 10.9 Å². The van der Waals surface area contributed by atoms with E-state index in [0.717, 1.165) is 56.4 Å². The van der Waals surface area contributed by atoms with E-state index in [9.17, 15) is 15.0 Å². The van der Waals surface area contributed by atoms with Crippen molar-refractivity contribution in [3.63, 3.8) is 0 Å². The molecule has 200 valence electrons. The Morgan fingerprint density at radius 3 is 2.51 bits per heavy atom. The Kier molecular flexibility index (Phi) is 11.6. The van der Waals surface area contributed by atoms with Gasteiger partial charge in [-0.3, -0.25) is 0 Å². The summed E-state index contributed by atoms with van der Waals surface area (Å²) < 4.78 is 11.3. The first-order valence-electron chi connectivity index (χ1n) is 12.9. The maximum atomic E-state index is 12.4. The number of benzene rings is 2. The number of esters is 1. The molecule has 0 fully saturated rings. The average molecular weight is 526 g/mol. The number of hydrogen-bond donors (Lipinski definition) is 3. The first kappa shape index (κ1) is 28.9. The van der Waals surface area contributed by atoms with Gasteiger partial charge >= 0.3 is 5.97 Å². The highest BCUT2D eigenvalue weighted by molar-refractivity contribution is 7.09. The molecule has 7 heteroatoms. The second kappa shape index (κ2) is 14.9. The van der Waals surface area contributed by atoms with Gasteiger partial charge in [0.1, 0.15) is 12.4 Å². The van der Waals surface area contributed by atoms with Gasteiger partial charge in [-0.25, -0.2) is 4.79 Å². The average Bonchev–Trinajstić information content (AvgIpc) is 3.42. The van der Waals surface area contributed by atoms with Gasteiger partial charge < -0.3 is 25.0 Å². The van der Waals surface area contributed by atoms with Gasteiger partial charge in [-0.15, -0.1) is 11.3 Å². The first-order chi connectivity index (χ1) is 17.9. The number of carbonyl (C=O) groups excluding carboxylic acids is 1. The van der Waals surface area contributed by atoms with Crippen molar-refractivity contribution in [2.75, 3.05) is 13.2 Å². The number of rotatable bonds is 16. The van der Waals surface area contributed by atoms with Gasteiger partial charge in [0, 0.05) is 35.6 Å². The molecular formula is C30H39NO5S. The molecule has 1 aromatic heterocycles. The standard InChI is InChI=1S/C30H39NO5S/c1-30(2,16-7-4-8-17-35-18-15-25-12-9-19-37-25)31-20-26-24(13-14-28(33)27(26)21-32)22-36-29(34)23-10-5-3-6-11-23/h3,5-6,9-14,19,31-33H,4,7-8,15-18,20-22H2,1-2H3. The van der Waals surface area contributed by atoms with Crippen LogP contribution in [0.2, 0.25) is 0 Å². The number of nitrogens with one attached hydrogen (secondary N) is 1. The van der Waals surface area contributed by atoms with E-state index in [4.69, 9.17) is 9.47 Å². The summed E-state index contributed by atoms with van der Waals surface area (Å²) in [5.74, 6) is -0.372. The Balaban J connectivity index is 1.45. The summed E-state index contributed by atoms with van der Waals surface area (Å²) in [6, 6.07) is 16.3. The molecule has 0 aliphatic heterocycles. The van der Waals surface area contributed by atoms with Crippen LogP contribution in [0.15, 0.2) is 60.0 Å². The van der Waals surface area contributed by atoms with Gasteiger partial charge in [-0.05, 0) is 67.5 Å². The number of carbonyl (C=O) groups is 1. The van der Waals surface area contributed by atoms with E-state index < -0.39 is 5.97 Å². The molecule has 0 saturated heterocycles. The summed E-state index contributed by atoms with van der Waals surface area (Å²) in [6.45, 7) is 6.08. The number of unbranched alkanes of at least 4 members (excludes halogenated alkanes) is 2. The molecule has 2 aromatic carbocycles. The lowest BCUT2D eigenvalue weighted by Crippen LogP contribution is -2.39. The number of phenols is 1. The number of ether oxygens (including phenoxy) is 2. The molecule has 3 aromatic rings. The molecule has 6 nitrogen and oxygen atoms in total. The van der Waals surface area contributed by atoms with Crippen LogP contribution in [0.1, 0.15) is 71.5 Å². The van der Waals surface area contributed by atoms with Crippen LogP contribution in [-0.4, -0.2) is 34.9 Å². The lowest BCUT2D eigenvalue weighted by molar-refractivity contribution is 0.0471. The van der Waals surface area contributed by atoms with Crippen LogP contribution in [-0.2, 0) is 35.7 Å². The first-order valence-corrected chi connectivity index (χ1v) is 13.8. The zero-order chi connectivity index (χ0) is 26.5. The van der Waals surface area contributed by atoms with Crippen LogP contribution < -0.4 is 5.32 Å². The van der Waals surface area contributed by atoms with Gasteiger partial charge in [0.05, 0.1) is 18.8 Å². The Bertz CT molecular complexity index is 1080. The van der Waals surface area contributed by atoms with Crippen molar-refractivity contribution in [3.8, 4) is 5.75 Å². The molecular weight excluding hydrogens is 486 g/mol. The Hall–Kier alpha value is -2.71. The number of aromatic hydroxyl groups is 1. The van der Waals surface area contributed by atoms with Gasteiger partial charge in [-0.1, -0.05) is 43.2 Å². The minimum atomic E-state index is -0.408. The number of aliphatic hydroxyl groups excluding tert-OH is 1. The largest absolute Gasteiger partial charge is 0.508 e. The molecule has 0 aliphatic rings. The molecule has 3 rings (SSSR count). The summed E-state index contributed by atoms with van der Waals surface area (Å²) in [4.78, 5) is 13.8.